The minimum absolute atomic E-state index is 0. The summed E-state index contributed by atoms with van der Waals surface area (Å²) < 4.78 is 32.4. The van der Waals surface area contributed by atoms with Gasteiger partial charge in [-0.1, -0.05) is 13.8 Å². The summed E-state index contributed by atoms with van der Waals surface area (Å²) in [6, 6.07) is 3.70. The van der Waals surface area contributed by atoms with E-state index in [1.54, 1.807) is 0 Å². The van der Waals surface area contributed by atoms with E-state index in [1.165, 1.54) is 25.3 Å². The van der Waals surface area contributed by atoms with Crippen LogP contribution >= 0.6 is 12.4 Å². The van der Waals surface area contributed by atoms with Gasteiger partial charge in [0.15, 0.2) is 0 Å². The first kappa shape index (κ1) is 21.7. The van der Waals surface area contributed by atoms with E-state index in [0.717, 1.165) is 12.8 Å². The van der Waals surface area contributed by atoms with Crippen molar-refractivity contribution in [2.45, 2.75) is 50.1 Å². The summed E-state index contributed by atoms with van der Waals surface area (Å²) in [5, 5.41) is 2.67. The molecule has 0 unspecified atom stereocenters. The van der Waals surface area contributed by atoms with Crippen LogP contribution in [0.3, 0.4) is 0 Å². The van der Waals surface area contributed by atoms with E-state index in [9.17, 15) is 13.2 Å². The summed E-state index contributed by atoms with van der Waals surface area (Å²) in [4.78, 5) is 12.3. The Bertz CT molecular complexity index is 705. The number of anilines is 1. The molecule has 1 aliphatic rings. The van der Waals surface area contributed by atoms with Gasteiger partial charge in [-0.25, -0.2) is 13.1 Å². The van der Waals surface area contributed by atoms with E-state index in [1.807, 2.05) is 13.8 Å². The Morgan fingerprint density at radius 3 is 2.52 bits per heavy atom. The largest absolute Gasteiger partial charge is 0.495 e. The number of nitrogens with two attached hydrogens (primary N) is 1. The quantitative estimate of drug-likeness (QED) is 0.626. The fourth-order valence-electron chi connectivity index (χ4n) is 2.28. The average molecular weight is 392 g/mol. The Morgan fingerprint density at radius 1 is 1.36 bits per heavy atom. The highest BCUT2D eigenvalue weighted by atomic mass is 35.5. The Kier molecular flexibility index (Phi) is 7.67. The number of amides is 1. The summed E-state index contributed by atoms with van der Waals surface area (Å²) in [7, 11) is -2.15. The number of carbonyl (C=O) groups excluding carboxylic acids is 1. The molecule has 1 atom stereocenters. The molecule has 2 rings (SSSR count). The van der Waals surface area contributed by atoms with Crippen molar-refractivity contribution in [1.82, 2.24) is 4.72 Å². The summed E-state index contributed by atoms with van der Waals surface area (Å²) in [5.74, 6) is 0.291. The molecule has 1 saturated carbocycles. The number of hydrogen-bond acceptors (Lipinski definition) is 5. The molecule has 0 saturated heterocycles. The van der Waals surface area contributed by atoms with Crippen LogP contribution in [0.25, 0.3) is 0 Å². The van der Waals surface area contributed by atoms with Crippen LogP contribution in [0.4, 0.5) is 5.69 Å². The van der Waals surface area contributed by atoms with E-state index in [2.05, 4.69) is 10.0 Å². The van der Waals surface area contributed by atoms with Crippen molar-refractivity contribution in [1.29, 1.82) is 0 Å². The van der Waals surface area contributed by atoms with Crippen molar-refractivity contribution in [2.24, 2.45) is 11.7 Å². The molecule has 0 spiro atoms. The normalized spacial score (nSPS) is 15.4. The molecule has 0 heterocycles. The van der Waals surface area contributed by atoms with E-state index >= 15 is 0 Å². The van der Waals surface area contributed by atoms with Crippen LogP contribution in [-0.4, -0.2) is 33.5 Å². The van der Waals surface area contributed by atoms with E-state index in [4.69, 9.17) is 10.5 Å². The highest BCUT2D eigenvalue weighted by molar-refractivity contribution is 7.89. The van der Waals surface area contributed by atoms with Gasteiger partial charge < -0.3 is 15.8 Å². The maximum absolute atomic E-state index is 12.3. The van der Waals surface area contributed by atoms with Gasteiger partial charge in [0.05, 0.1) is 23.7 Å². The molecular weight excluding hydrogens is 366 g/mol. The first-order chi connectivity index (χ1) is 11.2. The number of ether oxygens (including phenoxy) is 1. The summed E-state index contributed by atoms with van der Waals surface area (Å²) in [6.45, 7) is 3.95. The lowest BCUT2D eigenvalue weighted by Gasteiger charge is -2.16. The van der Waals surface area contributed by atoms with Crippen LogP contribution in [0.15, 0.2) is 23.1 Å². The van der Waals surface area contributed by atoms with Gasteiger partial charge in [0.25, 0.3) is 0 Å². The predicted octanol–water partition coefficient (Wildman–Crippen LogP) is 1.87. The van der Waals surface area contributed by atoms with Crippen LogP contribution in [-0.2, 0) is 14.8 Å². The zero-order valence-electron chi connectivity index (χ0n) is 14.6. The molecule has 1 fully saturated rings. The zero-order valence-corrected chi connectivity index (χ0v) is 16.2. The fourth-order valence-corrected chi connectivity index (χ4v) is 3.61. The van der Waals surface area contributed by atoms with Crippen molar-refractivity contribution in [3.05, 3.63) is 18.2 Å². The highest BCUT2D eigenvalue weighted by Gasteiger charge is 2.28. The number of halogens is 1. The standard InChI is InChI=1S/C16H25N3O4S.ClH/c1-10(2)8-13(17)16(20)18-14-9-12(6-7-15(14)23-3)24(21,22)19-11-4-5-11;/h6-7,9-11,13,19H,4-5,8,17H2,1-3H3,(H,18,20);1H/t13-;/m0./s1. The fraction of sp³-hybridized carbons (Fsp3) is 0.562. The van der Waals surface area contributed by atoms with Gasteiger partial charge >= 0.3 is 0 Å². The van der Waals surface area contributed by atoms with Crippen molar-refractivity contribution in [2.75, 3.05) is 12.4 Å². The molecule has 1 aromatic carbocycles. The molecule has 7 nitrogen and oxygen atoms in total. The number of benzene rings is 1. The lowest BCUT2D eigenvalue weighted by atomic mass is 10.0. The maximum atomic E-state index is 12.3. The van der Waals surface area contributed by atoms with E-state index in [0.29, 0.717) is 17.9 Å². The predicted molar refractivity (Wildman–Crippen MR) is 99.6 cm³/mol. The minimum Gasteiger partial charge on any atom is -0.495 e. The van der Waals surface area contributed by atoms with Crippen molar-refractivity contribution < 1.29 is 17.9 Å². The Balaban J connectivity index is 0.00000312. The van der Waals surface area contributed by atoms with Gasteiger partial charge in [0.1, 0.15) is 5.75 Å². The SMILES string of the molecule is COc1ccc(S(=O)(=O)NC2CC2)cc1NC(=O)[C@@H](N)CC(C)C.Cl. The second-order valence-electron chi connectivity index (χ2n) is 6.48. The third-order valence-electron chi connectivity index (χ3n) is 3.70. The summed E-state index contributed by atoms with van der Waals surface area (Å²) in [5.41, 5.74) is 6.16. The summed E-state index contributed by atoms with van der Waals surface area (Å²) >= 11 is 0. The van der Waals surface area contributed by atoms with Gasteiger partial charge in [0.2, 0.25) is 15.9 Å². The van der Waals surface area contributed by atoms with Crippen molar-refractivity contribution in [3.8, 4) is 5.75 Å². The number of carbonyl (C=O) groups is 1. The Hall–Kier alpha value is -1.35. The van der Waals surface area contributed by atoms with E-state index in [-0.39, 0.29) is 35.2 Å². The lowest BCUT2D eigenvalue weighted by molar-refractivity contribution is -0.117. The van der Waals surface area contributed by atoms with E-state index < -0.39 is 16.1 Å². The van der Waals surface area contributed by atoms with Crippen LogP contribution in [0, 0.1) is 5.92 Å². The van der Waals surface area contributed by atoms with Crippen molar-refractivity contribution in [3.63, 3.8) is 0 Å². The molecule has 0 radical (unpaired) electrons. The molecule has 0 aromatic heterocycles. The Morgan fingerprint density at radius 2 is 2.00 bits per heavy atom. The number of methoxy groups -OCH3 is 1. The van der Waals surface area contributed by atoms with Gasteiger partial charge in [0, 0.05) is 6.04 Å². The van der Waals surface area contributed by atoms with Gasteiger partial charge in [-0.2, -0.15) is 0 Å². The molecular formula is C16H26ClN3O4S. The highest BCUT2D eigenvalue weighted by Crippen LogP contribution is 2.29. The minimum atomic E-state index is -3.61. The molecule has 142 valence electrons. The Labute approximate surface area is 155 Å². The number of hydrogen-bond donors (Lipinski definition) is 3. The molecule has 25 heavy (non-hydrogen) atoms. The second kappa shape index (κ2) is 8.84. The zero-order chi connectivity index (χ0) is 17.9. The van der Waals surface area contributed by atoms with Crippen LogP contribution in [0.1, 0.15) is 33.1 Å². The first-order valence-electron chi connectivity index (χ1n) is 7.99. The third-order valence-corrected chi connectivity index (χ3v) is 5.22. The van der Waals surface area contributed by atoms with Crippen molar-refractivity contribution >= 4 is 34.0 Å². The molecule has 0 aliphatic heterocycles. The third kappa shape index (κ3) is 6.14. The number of rotatable bonds is 8. The van der Waals surface area contributed by atoms with Crippen LogP contribution in [0.2, 0.25) is 0 Å². The van der Waals surface area contributed by atoms with Gasteiger partial charge in [-0.3, -0.25) is 4.79 Å². The molecule has 4 N–H and O–H groups in total. The smallest absolute Gasteiger partial charge is 0.241 e. The molecule has 1 aromatic rings. The molecule has 1 aliphatic carbocycles. The molecule has 1 amide bonds. The molecule has 0 bridgehead atoms. The topological polar surface area (TPSA) is 111 Å². The van der Waals surface area contributed by atoms with Crippen LogP contribution < -0.4 is 20.5 Å². The lowest BCUT2D eigenvalue weighted by Crippen LogP contribution is -2.36. The summed E-state index contributed by atoms with van der Waals surface area (Å²) in [6.07, 6.45) is 2.24. The average Bonchev–Trinajstić information content (AvgIpc) is 3.29. The monoisotopic (exact) mass is 391 g/mol. The van der Waals surface area contributed by atoms with Gasteiger partial charge in [-0.15, -0.1) is 12.4 Å². The number of nitrogens with one attached hydrogen (secondary N) is 2. The van der Waals surface area contributed by atoms with Gasteiger partial charge in [-0.05, 0) is 43.4 Å². The first-order valence-corrected chi connectivity index (χ1v) is 9.48. The molecule has 9 heteroatoms. The maximum Gasteiger partial charge on any atom is 0.241 e. The van der Waals surface area contributed by atoms with Crippen LogP contribution in [0.5, 0.6) is 5.75 Å². The number of sulfonamides is 1. The second-order valence-corrected chi connectivity index (χ2v) is 8.20.